The molecule has 118 valence electrons. The largest absolute Gasteiger partial charge is 0.368 e. The molecule has 0 unspecified atom stereocenters. The fourth-order valence-corrected chi connectivity index (χ4v) is 2.25. The number of quaternary nitrogens is 1. The predicted molar refractivity (Wildman–Crippen MR) is 91.2 cm³/mol. The zero-order chi connectivity index (χ0) is 16.8. The van der Waals surface area contributed by atoms with Crippen molar-refractivity contribution in [1.29, 1.82) is 5.41 Å². The van der Waals surface area contributed by atoms with Crippen molar-refractivity contribution in [1.82, 2.24) is 9.97 Å². The van der Waals surface area contributed by atoms with E-state index in [9.17, 15) is 4.79 Å². The van der Waals surface area contributed by atoms with Crippen molar-refractivity contribution < 1.29 is 10.2 Å². The number of nitrogens with two attached hydrogens (primary N) is 3. The summed E-state index contributed by atoms with van der Waals surface area (Å²) in [6.45, 7) is 0. The second-order valence-electron chi connectivity index (χ2n) is 4.35. The highest BCUT2D eigenvalue weighted by Gasteiger charge is 2.12. The van der Waals surface area contributed by atoms with E-state index >= 15 is 0 Å². The first-order valence-corrected chi connectivity index (χ1v) is 7.14. The average Bonchev–Trinajstić information content (AvgIpc) is 2.46. The minimum absolute atomic E-state index is 0.0230. The number of anilines is 3. The first-order valence-electron chi connectivity index (χ1n) is 6.35. The van der Waals surface area contributed by atoms with Gasteiger partial charge in [0.1, 0.15) is 17.6 Å². The van der Waals surface area contributed by atoms with Crippen LogP contribution in [0.4, 0.5) is 23.1 Å². The summed E-state index contributed by atoms with van der Waals surface area (Å²) in [5.74, 6) is -0.420. The minimum atomic E-state index is -0.662. The van der Waals surface area contributed by atoms with E-state index in [0.717, 1.165) is 16.4 Å². The van der Waals surface area contributed by atoms with Crippen LogP contribution in [0.15, 0.2) is 34.0 Å². The Bertz CT molecular complexity index is 777. The molecule has 1 aromatic heterocycles. The second-order valence-corrected chi connectivity index (χ2v) is 5.26. The van der Waals surface area contributed by atoms with E-state index in [1.807, 2.05) is 6.07 Å². The molecule has 0 bridgehead atoms. The van der Waals surface area contributed by atoms with Crippen LogP contribution in [-0.2, 0) is 0 Å². The molecule has 0 saturated carbocycles. The number of aromatic nitrogens is 2. The van der Waals surface area contributed by atoms with E-state index < -0.39 is 5.91 Å². The maximum absolute atomic E-state index is 11.4. The molecule has 10 heteroatoms. The van der Waals surface area contributed by atoms with Crippen molar-refractivity contribution in [2.45, 2.75) is 0 Å². The molecule has 0 aliphatic carbocycles. The number of nitrogen functional groups attached to an aromatic ring is 1. The van der Waals surface area contributed by atoms with Crippen molar-refractivity contribution in [3.8, 4) is 0 Å². The third-order valence-corrected chi connectivity index (χ3v) is 3.10. The number of primary amides is 1. The minimum Gasteiger partial charge on any atom is -0.368 e. The summed E-state index contributed by atoms with van der Waals surface area (Å²) in [7, 11) is 0. The molecule has 0 radical (unpaired) electrons. The SMILES string of the molecule is N=CC=N[NH2+]c1cc(Br)cc(Nc2nc(N)ncc2C(N)=O)c1. The normalized spacial score (nSPS) is 10.7. The standard InChI is InChI=1S/C13H13BrN8O/c14-7-3-8(5-9(4-7)22-19-2-1-15)20-12-10(11(16)23)6-18-13(17)21-12/h1-6,15,22H,(H2,16,23)(H3,17,18,20,21)/p+1. The summed E-state index contributed by atoms with van der Waals surface area (Å²) >= 11 is 3.39. The van der Waals surface area contributed by atoms with Crippen LogP contribution in [0.5, 0.6) is 0 Å². The lowest BCUT2D eigenvalue weighted by molar-refractivity contribution is -0.576. The molecule has 23 heavy (non-hydrogen) atoms. The average molecular weight is 378 g/mol. The van der Waals surface area contributed by atoms with Crippen molar-refractivity contribution >= 4 is 57.4 Å². The Labute approximate surface area is 139 Å². The fraction of sp³-hybridized carbons (Fsp3) is 0. The molecule has 0 aliphatic rings. The first-order chi connectivity index (χ1) is 11.0. The molecule has 9 nitrogen and oxygen atoms in total. The summed E-state index contributed by atoms with van der Waals surface area (Å²) in [5.41, 5.74) is 14.0. The van der Waals surface area contributed by atoms with Crippen molar-refractivity contribution in [2.24, 2.45) is 10.8 Å². The summed E-state index contributed by atoms with van der Waals surface area (Å²) in [4.78, 5) is 19.2. The van der Waals surface area contributed by atoms with Crippen LogP contribution in [0.1, 0.15) is 10.4 Å². The zero-order valence-corrected chi connectivity index (χ0v) is 13.4. The van der Waals surface area contributed by atoms with Gasteiger partial charge in [-0.1, -0.05) is 21.0 Å². The van der Waals surface area contributed by atoms with Crippen LogP contribution in [-0.4, -0.2) is 28.3 Å². The fourth-order valence-electron chi connectivity index (χ4n) is 1.74. The molecule has 1 amide bonds. The molecule has 1 aromatic carbocycles. The number of carbonyl (C=O) groups excluding carboxylic acids is 1. The topological polar surface area (TPSA) is 160 Å². The molecule has 2 rings (SSSR count). The number of hydrogen-bond donors (Lipinski definition) is 5. The van der Waals surface area contributed by atoms with E-state index in [-0.39, 0.29) is 17.3 Å². The molecule has 0 aliphatic heterocycles. The number of nitrogens with zero attached hydrogens (tertiary/aromatic N) is 3. The molecular weight excluding hydrogens is 364 g/mol. The van der Waals surface area contributed by atoms with E-state index in [1.165, 1.54) is 12.4 Å². The Hall–Kier alpha value is -2.85. The third-order valence-electron chi connectivity index (χ3n) is 2.64. The van der Waals surface area contributed by atoms with Gasteiger partial charge in [-0.15, -0.1) is 0 Å². The Kier molecular flexibility index (Phi) is 5.33. The molecule has 1 heterocycles. The smallest absolute Gasteiger partial charge is 0.254 e. The van der Waals surface area contributed by atoms with Gasteiger partial charge in [-0.25, -0.2) is 4.98 Å². The van der Waals surface area contributed by atoms with Crippen LogP contribution in [0.2, 0.25) is 0 Å². The van der Waals surface area contributed by atoms with Gasteiger partial charge in [0.25, 0.3) is 5.91 Å². The van der Waals surface area contributed by atoms with Gasteiger partial charge >= 0.3 is 0 Å². The summed E-state index contributed by atoms with van der Waals surface area (Å²) < 4.78 is 0.793. The van der Waals surface area contributed by atoms with E-state index in [1.54, 1.807) is 17.6 Å². The van der Waals surface area contributed by atoms with Crippen LogP contribution in [0, 0.1) is 5.41 Å². The number of amides is 1. The molecule has 2 aromatic rings. The highest BCUT2D eigenvalue weighted by molar-refractivity contribution is 9.10. The summed E-state index contributed by atoms with van der Waals surface area (Å²) in [5, 5.41) is 13.8. The highest BCUT2D eigenvalue weighted by atomic mass is 79.9. The first kappa shape index (κ1) is 16.5. The lowest BCUT2D eigenvalue weighted by Crippen LogP contribution is -2.71. The number of nitrogens with one attached hydrogen (secondary N) is 2. The monoisotopic (exact) mass is 377 g/mol. The van der Waals surface area contributed by atoms with Gasteiger partial charge in [-0.2, -0.15) is 10.4 Å². The van der Waals surface area contributed by atoms with Crippen LogP contribution in [0.25, 0.3) is 0 Å². The lowest BCUT2D eigenvalue weighted by Gasteiger charge is -2.10. The Morgan fingerprint density at radius 2 is 2.22 bits per heavy atom. The third kappa shape index (κ3) is 4.56. The van der Waals surface area contributed by atoms with Gasteiger partial charge in [0.05, 0.1) is 0 Å². The lowest BCUT2D eigenvalue weighted by atomic mass is 10.2. The quantitative estimate of drug-likeness (QED) is 0.214. The molecular formula is C13H14BrN8O+. The van der Waals surface area contributed by atoms with Crippen molar-refractivity contribution in [2.75, 3.05) is 11.1 Å². The summed E-state index contributed by atoms with van der Waals surface area (Å²) in [6.07, 6.45) is 3.70. The van der Waals surface area contributed by atoms with E-state index in [0.29, 0.717) is 5.69 Å². The van der Waals surface area contributed by atoms with Gasteiger partial charge in [0.15, 0.2) is 5.69 Å². The number of rotatable bonds is 6. The number of halogens is 1. The maximum Gasteiger partial charge on any atom is 0.254 e. The van der Waals surface area contributed by atoms with Gasteiger partial charge in [-0.3, -0.25) is 4.79 Å². The molecule has 0 spiro atoms. The number of carbonyl (C=O) groups is 1. The number of hydrogen-bond acceptors (Lipinski definition) is 7. The van der Waals surface area contributed by atoms with Crippen LogP contribution in [0.3, 0.4) is 0 Å². The van der Waals surface area contributed by atoms with Crippen molar-refractivity contribution in [3.63, 3.8) is 0 Å². The molecule has 8 N–H and O–H groups in total. The molecule has 0 saturated heterocycles. The Morgan fingerprint density at radius 1 is 1.43 bits per heavy atom. The number of benzene rings is 1. The van der Waals surface area contributed by atoms with E-state index in [4.69, 9.17) is 16.9 Å². The van der Waals surface area contributed by atoms with Gasteiger partial charge < -0.3 is 22.2 Å². The molecule has 0 atom stereocenters. The van der Waals surface area contributed by atoms with Gasteiger partial charge in [0, 0.05) is 34.7 Å². The Balaban J connectivity index is 2.33. The van der Waals surface area contributed by atoms with E-state index in [2.05, 4.69) is 36.3 Å². The van der Waals surface area contributed by atoms with Crippen LogP contribution >= 0.6 is 15.9 Å². The Morgan fingerprint density at radius 3 is 2.91 bits per heavy atom. The van der Waals surface area contributed by atoms with Crippen molar-refractivity contribution in [3.05, 3.63) is 34.4 Å². The van der Waals surface area contributed by atoms with Gasteiger partial charge in [0.2, 0.25) is 5.95 Å². The highest BCUT2D eigenvalue weighted by Crippen LogP contribution is 2.24. The summed E-state index contributed by atoms with van der Waals surface area (Å²) in [6, 6.07) is 5.42. The van der Waals surface area contributed by atoms with Crippen LogP contribution < -0.4 is 22.2 Å². The maximum atomic E-state index is 11.4. The molecule has 0 fully saturated rings. The predicted octanol–water partition coefficient (Wildman–Crippen LogP) is 0.494. The zero-order valence-electron chi connectivity index (χ0n) is 11.8. The van der Waals surface area contributed by atoms with Gasteiger partial charge in [-0.05, 0) is 6.07 Å². The second kappa shape index (κ2) is 7.42.